The van der Waals surface area contributed by atoms with Crippen molar-refractivity contribution < 1.29 is 0 Å². The Balaban J connectivity index is 2.47. The summed E-state index contributed by atoms with van der Waals surface area (Å²) in [7, 11) is 0. The highest BCUT2D eigenvalue weighted by atomic mass is 14.7. The molecular formula is C11H23N. The molecule has 0 heterocycles. The van der Waals surface area contributed by atoms with Gasteiger partial charge in [0.1, 0.15) is 0 Å². The van der Waals surface area contributed by atoms with E-state index in [9.17, 15) is 0 Å². The summed E-state index contributed by atoms with van der Waals surface area (Å²) < 4.78 is 0. The van der Waals surface area contributed by atoms with E-state index in [-0.39, 0.29) is 5.54 Å². The highest BCUT2D eigenvalue weighted by molar-refractivity contribution is 4.86. The molecule has 1 aliphatic rings. The van der Waals surface area contributed by atoms with Gasteiger partial charge in [-0.25, -0.2) is 0 Å². The lowest BCUT2D eigenvalue weighted by atomic mass is 9.69. The molecule has 0 aliphatic heterocycles. The molecule has 12 heavy (non-hydrogen) atoms. The van der Waals surface area contributed by atoms with Crippen LogP contribution in [-0.4, -0.2) is 5.54 Å². The van der Waals surface area contributed by atoms with Crippen LogP contribution < -0.4 is 5.73 Å². The summed E-state index contributed by atoms with van der Waals surface area (Å²) in [5, 5.41) is 0. The van der Waals surface area contributed by atoms with Crippen LogP contribution in [0.25, 0.3) is 0 Å². The monoisotopic (exact) mass is 169 g/mol. The van der Waals surface area contributed by atoms with Crippen molar-refractivity contribution in [3.05, 3.63) is 0 Å². The Morgan fingerprint density at radius 1 is 1.17 bits per heavy atom. The van der Waals surface area contributed by atoms with Gasteiger partial charge in [0, 0.05) is 5.54 Å². The molecule has 0 spiro atoms. The van der Waals surface area contributed by atoms with Crippen molar-refractivity contribution in [2.75, 3.05) is 0 Å². The van der Waals surface area contributed by atoms with Crippen LogP contribution in [0.3, 0.4) is 0 Å². The average molecular weight is 169 g/mol. The van der Waals surface area contributed by atoms with E-state index >= 15 is 0 Å². The molecule has 0 aromatic carbocycles. The Morgan fingerprint density at radius 2 is 1.67 bits per heavy atom. The van der Waals surface area contributed by atoms with E-state index < -0.39 is 0 Å². The van der Waals surface area contributed by atoms with Gasteiger partial charge < -0.3 is 5.73 Å². The second-order valence-corrected chi connectivity index (χ2v) is 5.54. The first-order chi connectivity index (χ1) is 5.41. The third kappa shape index (κ3) is 3.14. The summed E-state index contributed by atoms with van der Waals surface area (Å²) in [4.78, 5) is 0. The molecule has 0 saturated heterocycles. The first kappa shape index (κ1) is 10.0. The predicted octanol–water partition coefficient (Wildman–Crippen LogP) is 3.08. The number of hydrogen-bond donors (Lipinski definition) is 1. The SMILES string of the molecule is CC(C)(N)CC1(C)CCCCC1. The van der Waals surface area contributed by atoms with Crippen molar-refractivity contribution in [2.24, 2.45) is 11.1 Å². The lowest BCUT2D eigenvalue weighted by molar-refractivity contribution is 0.161. The van der Waals surface area contributed by atoms with Crippen LogP contribution in [0.15, 0.2) is 0 Å². The third-order valence-electron chi connectivity index (χ3n) is 2.94. The van der Waals surface area contributed by atoms with Gasteiger partial charge in [-0.1, -0.05) is 26.2 Å². The van der Waals surface area contributed by atoms with Crippen molar-refractivity contribution in [3.63, 3.8) is 0 Å². The van der Waals surface area contributed by atoms with Gasteiger partial charge in [-0.3, -0.25) is 0 Å². The van der Waals surface area contributed by atoms with E-state index in [1.165, 1.54) is 38.5 Å². The lowest BCUT2D eigenvalue weighted by Gasteiger charge is -2.38. The maximum Gasteiger partial charge on any atom is 0.0102 e. The van der Waals surface area contributed by atoms with Gasteiger partial charge >= 0.3 is 0 Å². The molecule has 0 unspecified atom stereocenters. The summed E-state index contributed by atoms with van der Waals surface area (Å²) in [6, 6.07) is 0. The molecule has 72 valence electrons. The van der Waals surface area contributed by atoms with Gasteiger partial charge in [0.25, 0.3) is 0 Å². The van der Waals surface area contributed by atoms with E-state index in [0.717, 1.165) is 0 Å². The molecule has 1 nitrogen and oxygen atoms in total. The molecule has 1 aliphatic carbocycles. The van der Waals surface area contributed by atoms with E-state index in [1.54, 1.807) is 0 Å². The fourth-order valence-electron chi connectivity index (χ4n) is 2.68. The van der Waals surface area contributed by atoms with Crippen LogP contribution in [0, 0.1) is 5.41 Å². The first-order valence-electron chi connectivity index (χ1n) is 5.20. The smallest absolute Gasteiger partial charge is 0.0102 e. The minimum atomic E-state index is 0.0199. The third-order valence-corrected chi connectivity index (χ3v) is 2.94. The summed E-state index contributed by atoms with van der Waals surface area (Å²) in [6.45, 7) is 6.69. The topological polar surface area (TPSA) is 26.0 Å². The van der Waals surface area contributed by atoms with Crippen LogP contribution in [0.4, 0.5) is 0 Å². The predicted molar refractivity (Wildman–Crippen MR) is 54.1 cm³/mol. The number of nitrogens with two attached hydrogens (primary N) is 1. The van der Waals surface area contributed by atoms with Crippen molar-refractivity contribution in [3.8, 4) is 0 Å². The average Bonchev–Trinajstić information content (AvgIpc) is 1.83. The molecule has 1 heteroatoms. The van der Waals surface area contributed by atoms with Crippen LogP contribution in [0.2, 0.25) is 0 Å². The van der Waals surface area contributed by atoms with E-state index in [1.807, 2.05) is 0 Å². The van der Waals surface area contributed by atoms with Gasteiger partial charge in [-0.05, 0) is 38.5 Å². The highest BCUT2D eigenvalue weighted by Crippen LogP contribution is 2.41. The minimum Gasteiger partial charge on any atom is -0.326 e. The zero-order valence-electron chi connectivity index (χ0n) is 8.82. The van der Waals surface area contributed by atoms with Crippen LogP contribution >= 0.6 is 0 Å². The fourth-order valence-corrected chi connectivity index (χ4v) is 2.68. The molecule has 1 saturated carbocycles. The molecule has 0 atom stereocenters. The van der Waals surface area contributed by atoms with Crippen molar-refractivity contribution in [2.45, 2.75) is 64.8 Å². The molecule has 1 fully saturated rings. The largest absolute Gasteiger partial charge is 0.326 e. The molecule has 0 aromatic rings. The fraction of sp³-hybridized carbons (Fsp3) is 1.00. The van der Waals surface area contributed by atoms with E-state index in [4.69, 9.17) is 5.73 Å². The maximum absolute atomic E-state index is 6.05. The van der Waals surface area contributed by atoms with Crippen molar-refractivity contribution in [1.82, 2.24) is 0 Å². The minimum absolute atomic E-state index is 0.0199. The Hall–Kier alpha value is -0.0400. The van der Waals surface area contributed by atoms with Crippen molar-refractivity contribution >= 4 is 0 Å². The Kier molecular flexibility index (Phi) is 2.82. The summed E-state index contributed by atoms with van der Waals surface area (Å²) in [5.74, 6) is 0. The Morgan fingerprint density at radius 3 is 2.08 bits per heavy atom. The maximum atomic E-state index is 6.05. The molecule has 1 rings (SSSR count). The second-order valence-electron chi connectivity index (χ2n) is 5.54. The van der Waals surface area contributed by atoms with Crippen LogP contribution in [0.1, 0.15) is 59.3 Å². The zero-order valence-corrected chi connectivity index (χ0v) is 8.82. The number of rotatable bonds is 2. The molecule has 0 bridgehead atoms. The van der Waals surface area contributed by atoms with Gasteiger partial charge in [0.15, 0.2) is 0 Å². The molecular weight excluding hydrogens is 146 g/mol. The van der Waals surface area contributed by atoms with E-state index in [0.29, 0.717) is 5.41 Å². The van der Waals surface area contributed by atoms with Crippen LogP contribution in [-0.2, 0) is 0 Å². The first-order valence-corrected chi connectivity index (χ1v) is 5.20. The standard InChI is InChI=1S/C11H23N/c1-10(2,12)9-11(3)7-5-4-6-8-11/h4-9,12H2,1-3H3. The highest BCUT2D eigenvalue weighted by Gasteiger charge is 2.31. The normalized spacial score (nSPS) is 24.0. The second kappa shape index (κ2) is 3.37. The summed E-state index contributed by atoms with van der Waals surface area (Å²) in [5.41, 5.74) is 6.61. The molecule has 0 amide bonds. The van der Waals surface area contributed by atoms with Gasteiger partial charge in [0.05, 0.1) is 0 Å². The molecule has 2 N–H and O–H groups in total. The number of hydrogen-bond acceptors (Lipinski definition) is 1. The Labute approximate surface area is 76.7 Å². The lowest BCUT2D eigenvalue weighted by Crippen LogP contribution is -2.39. The van der Waals surface area contributed by atoms with Crippen LogP contribution in [0.5, 0.6) is 0 Å². The Bertz CT molecular complexity index is 138. The van der Waals surface area contributed by atoms with E-state index in [2.05, 4.69) is 20.8 Å². The summed E-state index contributed by atoms with van der Waals surface area (Å²) >= 11 is 0. The zero-order chi connectivity index (χ0) is 9.24. The van der Waals surface area contributed by atoms with Gasteiger partial charge in [0.2, 0.25) is 0 Å². The van der Waals surface area contributed by atoms with Gasteiger partial charge in [-0.15, -0.1) is 0 Å². The van der Waals surface area contributed by atoms with Crippen molar-refractivity contribution in [1.29, 1.82) is 0 Å². The summed E-state index contributed by atoms with van der Waals surface area (Å²) in [6.07, 6.45) is 8.20. The van der Waals surface area contributed by atoms with Gasteiger partial charge in [-0.2, -0.15) is 0 Å². The molecule has 0 radical (unpaired) electrons. The molecule has 0 aromatic heterocycles. The quantitative estimate of drug-likeness (QED) is 0.675.